The first kappa shape index (κ1) is 13.8. The zero-order valence-electron chi connectivity index (χ0n) is 11.8. The highest BCUT2D eigenvalue weighted by molar-refractivity contribution is 5.81. The number of hydrogen-bond acceptors (Lipinski definition) is 3. The molecular weight excluding hydrogens is 236 g/mol. The van der Waals surface area contributed by atoms with E-state index in [0.717, 1.165) is 41.8 Å². The molecular formula is C16H22N2O. The van der Waals surface area contributed by atoms with Gasteiger partial charge in [-0.25, -0.2) is 4.98 Å². The Hall–Kier alpha value is -1.61. The largest absolute Gasteiger partial charge is 0.392 e. The third-order valence-corrected chi connectivity index (χ3v) is 3.41. The van der Waals surface area contributed by atoms with Gasteiger partial charge in [0.05, 0.1) is 12.1 Å². The highest BCUT2D eigenvalue weighted by Gasteiger charge is 2.12. The molecule has 0 bridgehead atoms. The van der Waals surface area contributed by atoms with Crippen LogP contribution in [0.4, 0.5) is 5.82 Å². The van der Waals surface area contributed by atoms with Crippen LogP contribution in [-0.4, -0.2) is 23.2 Å². The molecule has 1 aromatic carbocycles. The lowest BCUT2D eigenvalue weighted by Gasteiger charge is -2.24. The second kappa shape index (κ2) is 6.53. The monoisotopic (exact) mass is 258 g/mol. The van der Waals surface area contributed by atoms with E-state index >= 15 is 0 Å². The molecule has 1 N–H and O–H groups in total. The molecule has 102 valence electrons. The molecule has 0 aliphatic carbocycles. The van der Waals surface area contributed by atoms with E-state index in [1.807, 2.05) is 30.3 Å². The Balaban J connectivity index is 2.44. The van der Waals surface area contributed by atoms with Crippen LogP contribution in [0.25, 0.3) is 10.9 Å². The minimum absolute atomic E-state index is 0.0375. The van der Waals surface area contributed by atoms with E-state index in [9.17, 15) is 5.11 Å². The van der Waals surface area contributed by atoms with Gasteiger partial charge in [-0.2, -0.15) is 0 Å². The molecule has 0 saturated carbocycles. The van der Waals surface area contributed by atoms with Crippen molar-refractivity contribution in [3.05, 3.63) is 35.9 Å². The lowest BCUT2D eigenvalue weighted by molar-refractivity contribution is 0.282. The van der Waals surface area contributed by atoms with Crippen molar-refractivity contribution < 1.29 is 5.11 Å². The van der Waals surface area contributed by atoms with Gasteiger partial charge < -0.3 is 10.0 Å². The Morgan fingerprint density at radius 1 is 1.21 bits per heavy atom. The smallest absolute Gasteiger partial charge is 0.134 e. The van der Waals surface area contributed by atoms with Crippen LogP contribution in [0, 0.1) is 0 Å². The van der Waals surface area contributed by atoms with Crippen molar-refractivity contribution in [2.75, 3.05) is 18.0 Å². The highest BCUT2D eigenvalue weighted by atomic mass is 16.3. The van der Waals surface area contributed by atoms with Gasteiger partial charge in [0.1, 0.15) is 5.82 Å². The van der Waals surface area contributed by atoms with Crippen LogP contribution in [0.2, 0.25) is 0 Å². The molecule has 19 heavy (non-hydrogen) atoms. The third-order valence-electron chi connectivity index (χ3n) is 3.41. The Morgan fingerprint density at radius 3 is 2.68 bits per heavy atom. The predicted molar refractivity (Wildman–Crippen MR) is 80.5 cm³/mol. The molecule has 0 unspecified atom stereocenters. The normalized spacial score (nSPS) is 10.9. The van der Waals surface area contributed by atoms with E-state index < -0.39 is 0 Å². The van der Waals surface area contributed by atoms with Crippen LogP contribution < -0.4 is 4.90 Å². The quantitative estimate of drug-likeness (QED) is 0.863. The zero-order chi connectivity index (χ0) is 13.7. The summed E-state index contributed by atoms with van der Waals surface area (Å²) in [6.07, 6.45) is 2.31. The van der Waals surface area contributed by atoms with Crippen molar-refractivity contribution in [2.24, 2.45) is 0 Å². The number of pyridine rings is 1. The van der Waals surface area contributed by atoms with Gasteiger partial charge in [0.15, 0.2) is 0 Å². The first-order chi connectivity index (χ1) is 9.30. The summed E-state index contributed by atoms with van der Waals surface area (Å²) in [4.78, 5) is 6.99. The number of aliphatic hydroxyl groups is 1. The lowest BCUT2D eigenvalue weighted by Crippen LogP contribution is -2.26. The zero-order valence-corrected chi connectivity index (χ0v) is 11.8. The van der Waals surface area contributed by atoms with Gasteiger partial charge >= 0.3 is 0 Å². The van der Waals surface area contributed by atoms with Gasteiger partial charge in [-0.1, -0.05) is 31.5 Å². The number of benzene rings is 1. The second-order valence-electron chi connectivity index (χ2n) is 4.76. The van der Waals surface area contributed by atoms with Crippen LogP contribution in [-0.2, 0) is 6.61 Å². The number of para-hydroxylation sites is 1. The van der Waals surface area contributed by atoms with Crippen LogP contribution in [0.1, 0.15) is 32.3 Å². The molecule has 0 fully saturated rings. The fourth-order valence-electron chi connectivity index (χ4n) is 2.30. The van der Waals surface area contributed by atoms with E-state index in [4.69, 9.17) is 4.98 Å². The van der Waals surface area contributed by atoms with E-state index in [0.29, 0.717) is 0 Å². The summed E-state index contributed by atoms with van der Waals surface area (Å²) < 4.78 is 0. The lowest BCUT2D eigenvalue weighted by atomic mass is 10.1. The van der Waals surface area contributed by atoms with Crippen LogP contribution in [0.5, 0.6) is 0 Å². The third kappa shape index (κ3) is 3.04. The molecule has 0 saturated heterocycles. The molecule has 0 aliphatic rings. The first-order valence-electron chi connectivity index (χ1n) is 7.04. The summed E-state index contributed by atoms with van der Waals surface area (Å²) in [7, 11) is 0. The number of nitrogens with zero attached hydrogens (tertiary/aromatic N) is 2. The minimum atomic E-state index is 0.0375. The summed E-state index contributed by atoms with van der Waals surface area (Å²) >= 11 is 0. The highest BCUT2D eigenvalue weighted by Crippen LogP contribution is 2.24. The molecule has 0 amide bonds. The number of hydrogen-bond donors (Lipinski definition) is 1. The van der Waals surface area contributed by atoms with Gasteiger partial charge in [0.2, 0.25) is 0 Å². The average molecular weight is 258 g/mol. The van der Waals surface area contributed by atoms with Crippen molar-refractivity contribution in [2.45, 2.75) is 33.3 Å². The molecule has 0 radical (unpaired) electrons. The van der Waals surface area contributed by atoms with Crippen molar-refractivity contribution in [3.63, 3.8) is 0 Å². The van der Waals surface area contributed by atoms with Gasteiger partial charge in [-0.05, 0) is 25.5 Å². The molecule has 2 aromatic rings. The number of fused-ring (bicyclic) bond motifs is 1. The van der Waals surface area contributed by atoms with Crippen LogP contribution in [0.15, 0.2) is 30.3 Å². The Kier molecular flexibility index (Phi) is 4.74. The number of aromatic nitrogens is 1. The van der Waals surface area contributed by atoms with E-state index in [-0.39, 0.29) is 6.61 Å². The summed E-state index contributed by atoms with van der Waals surface area (Å²) in [5.74, 6) is 0.928. The molecule has 1 heterocycles. The molecule has 3 heteroatoms. The van der Waals surface area contributed by atoms with Gasteiger partial charge in [0.25, 0.3) is 0 Å². The average Bonchev–Trinajstić information content (AvgIpc) is 2.47. The minimum Gasteiger partial charge on any atom is -0.392 e. The number of anilines is 1. The molecule has 2 rings (SSSR count). The Morgan fingerprint density at radius 2 is 2.00 bits per heavy atom. The SMILES string of the molecule is CCCCN(CC)c1nc2ccccc2cc1CO. The molecule has 0 spiro atoms. The summed E-state index contributed by atoms with van der Waals surface area (Å²) in [5, 5.41) is 10.7. The molecule has 3 nitrogen and oxygen atoms in total. The van der Waals surface area contributed by atoms with Crippen molar-refractivity contribution >= 4 is 16.7 Å². The van der Waals surface area contributed by atoms with Gasteiger partial charge in [0, 0.05) is 24.0 Å². The summed E-state index contributed by atoms with van der Waals surface area (Å²) in [5.41, 5.74) is 1.90. The summed E-state index contributed by atoms with van der Waals surface area (Å²) in [6, 6.07) is 10.1. The fourth-order valence-corrected chi connectivity index (χ4v) is 2.30. The Bertz CT molecular complexity index is 539. The maximum atomic E-state index is 9.58. The van der Waals surface area contributed by atoms with Gasteiger partial charge in [-0.15, -0.1) is 0 Å². The molecule has 0 atom stereocenters. The van der Waals surface area contributed by atoms with E-state index in [2.05, 4.69) is 18.7 Å². The second-order valence-corrected chi connectivity index (χ2v) is 4.76. The standard InChI is InChI=1S/C16H22N2O/c1-3-5-10-18(4-2)16-14(12-19)11-13-8-6-7-9-15(13)17-16/h6-9,11,19H,3-5,10,12H2,1-2H3. The Labute approximate surface area is 114 Å². The maximum absolute atomic E-state index is 9.58. The van der Waals surface area contributed by atoms with Crippen molar-refractivity contribution in [1.82, 2.24) is 4.98 Å². The number of unbranched alkanes of at least 4 members (excludes halogenated alkanes) is 1. The maximum Gasteiger partial charge on any atom is 0.134 e. The molecule has 1 aromatic heterocycles. The summed E-state index contributed by atoms with van der Waals surface area (Å²) in [6.45, 7) is 6.27. The van der Waals surface area contributed by atoms with Crippen LogP contribution >= 0.6 is 0 Å². The van der Waals surface area contributed by atoms with E-state index in [1.165, 1.54) is 6.42 Å². The number of aliphatic hydroxyl groups excluding tert-OH is 1. The number of rotatable bonds is 6. The predicted octanol–water partition coefficient (Wildman–Crippen LogP) is 3.35. The van der Waals surface area contributed by atoms with Crippen molar-refractivity contribution in [1.29, 1.82) is 0 Å². The topological polar surface area (TPSA) is 36.4 Å². The van der Waals surface area contributed by atoms with Gasteiger partial charge in [-0.3, -0.25) is 0 Å². The van der Waals surface area contributed by atoms with Crippen LogP contribution in [0.3, 0.4) is 0 Å². The van der Waals surface area contributed by atoms with E-state index in [1.54, 1.807) is 0 Å². The molecule has 0 aliphatic heterocycles. The van der Waals surface area contributed by atoms with Crippen molar-refractivity contribution in [3.8, 4) is 0 Å². The first-order valence-corrected chi connectivity index (χ1v) is 7.04. The fraction of sp³-hybridized carbons (Fsp3) is 0.438.